The Balaban J connectivity index is 2.25. The topological polar surface area (TPSA) is 74.4 Å². The van der Waals surface area contributed by atoms with Gasteiger partial charge >= 0.3 is 5.97 Å². The second-order valence-electron chi connectivity index (χ2n) is 3.89. The van der Waals surface area contributed by atoms with E-state index in [1.807, 2.05) is 12.1 Å². The van der Waals surface area contributed by atoms with Gasteiger partial charge in [-0.25, -0.2) is 9.78 Å². The van der Waals surface area contributed by atoms with Gasteiger partial charge in [0.1, 0.15) is 5.75 Å². The van der Waals surface area contributed by atoms with Crippen molar-refractivity contribution in [3.8, 4) is 11.6 Å². The van der Waals surface area contributed by atoms with E-state index in [1.54, 1.807) is 19.1 Å². The Kier molecular flexibility index (Phi) is 4.57. The first-order valence-electron chi connectivity index (χ1n) is 5.96. The van der Waals surface area contributed by atoms with Crippen molar-refractivity contribution in [1.29, 1.82) is 0 Å². The third-order valence-electron chi connectivity index (χ3n) is 2.42. The Morgan fingerprint density at radius 1 is 1.40 bits per heavy atom. The number of esters is 1. The third kappa shape index (κ3) is 3.48. The fourth-order valence-electron chi connectivity index (χ4n) is 1.54. The van der Waals surface area contributed by atoms with Gasteiger partial charge in [-0.1, -0.05) is 22.0 Å². The molecule has 0 fully saturated rings. The first-order valence-corrected chi connectivity index (χ1v) is 6.75. The van der Waals surface area contributed by atoms with E-state index in [2.05, 4.69) is 20.9 Å². The molecule has 0 amide bonds. The molecule has 2 rings (SSSR count). The van der Waals surface area contributed by atoms with Crippen molar-refractivity contribution in [2.75, 3.05) is 12.3 Å². The highest BCUT2D eigenvalue weighted by Crippen LogP contribution is 2.25. The van der Waals surface area contributed by atoms with Crippen LogP contribution in [0.2, 0.25) is 0 Å². The predicted octanol–water partition coefficient (Wildman–Crippen LogP) is 3.40. The number of ether oxygens (including phenoxy) is 2. The molecular formula is C14H13BrN2O3. The Labute approximate surface area is 124 Å². The number of carbonyl (C=O) groups is 1. The molecule has 1 aromatic heterocycles. The van der Waals surface area contributed by atoms with E-state index in [4.69, 9.17) is 15.2 Å². The molecule has 5 nitrogen and oxygen atoms in total. The number of nitrogens with zero attached hydrogens (tertiary/aromatic N) is 1. The summed E-state index contributed by atoms with van der Waals surface area (Å²) in [6.07, 6.45) is 1.37. The number of hydrogen-bond acceptors (Lipinski definition) is 5. The van der Waals surface area contributed by atoms with Gasteiger partial charge in [-0.3, -0.25) is 0 Å². The zero-order valence-corrected chi connectivity index (χ0v) is 12.4. The van der Waals surface area contributed by atoms with Gasteiger partial charge in [-0.05, 0) is 25.1 Å². The summed E-state index contributed by atoms with van der Waals surface area (Å²) in [4.78, 5) is 15.8. The fourth-order valence-corrected chi connectivity index (χ4v) is 1.92. The van der Waals surface area contributed by atoms with Crippen LogP contribution < -0.4 is 10.5 Å². The van der Waals surface area contributed by atoms with E-state index >= 15 is 0 Å². The summed E-state index contributed by atoms with van der Waals surface area (Å²) in [6, 6.07) is 8.76. The van der Waals surface area contributed by atoms with Crippen molar-refractivity contribution in [1.82, 2.24) is 4.98 Å². The van der Waals surface area contributed by atoms with Gasteiger partial charge in [0.05, 0.1) is 24.1 Å². The average molecular weight is 337 g/mol. The van der Waals surface area contributed by atoms with E-state index < -0.39 is 5.97 Å². The normalized spacial score (nSPS) is 10.1. The zero-order valence-electron chi connectivity index (χ0n) is 10.8. The van der Waals surface area contributed by atoms with Crippen LogP contribution in [0.25, 0.3) is 0 Å². The van der Waals surface area contributed by atoms with E-state index in [1.165, 1.54) is 12.3 Å². The summed E-state index contributed by atoms with van der Waals surface area (Å²) < 4.78 is 11.4. The lowest BCUT2D eigenvalue weighted by molar-refractivity contribution is 0.0527. The second-order valence-corrected chi connectivity index (χ2v) is 4.81. The number of hydrogen-bond donors (Lipinski definition) is 1. The molecule has 2 N–H and O–H groups in total. The standard InChI is InChI=1S/C14H13BrN2O3/c1-2-19-14(18)11-7-13(17-8-12(11)16)20-10-5-3-4-9(15)6-10/h3-8H,2,16H2,1H3. The Hall–Kier alpha value is -2.08. The van der Waals surface area contributed by atoms with Crippen LogP contribution in [0.4, 0.5) is 5.69 Å². The lowest BCUT2D eigenvalue weighted by Crippen LogP contribution is -2.08. The van der Waals surface area contributed by atoms with Crippen molar-refractivity contribution < 1.29 is 14.3 Å². The first kappa shape index (κ1) is 14.3. The summed E-state index contributed by atoms with van der Waals surface area (Å²) in [5, 5.41) is 0. The predicted molar refractivity (Wildman–Crippen MR) is 78.8 cm³/mol. The highest BCUT2D eigenvalue weighted by molar-refractivity contribution is 9.10. The van der Waals surface area contributed by atoms with Gasteiger partial charge in [0.2, 0.25) is 5.88 Å². The maximum atomic E-state index is 11.7. The minimum Gasteiger partial charge on any atom is -0.462 e. The average Bonchev–Trinajstić information content (AvgIpc) is 2.41. The number of rotatable bonds is 4. The highest BCUT2D eigenvalue weighted by atomic mass is 79.9. The summed E-state index contributed by atoms with van der Waals surface area (Å²) >= 11 is 3.35. The highest BCUT2D eigenvalue weighted by Gasteiger charge is 2.13. The molecule has 104 valence electrons. The van der Waals surface area contributed by atoms with Crippen LogP contribution in [0.5, 0.6) is 11.6 Å². The van der Waals surface area contributed by atoms with Gasteiger partial charge in [-0.15, -0.1) is 0 Å². The van der Waals surface area contributed by atoms with Crippen LogP contribution in [0.3, 0.4) is 0 Å². The second kappa shape index (κ2) is 6.38. The molecule has 0 spiro atoms. The summed E-state index contributed by atoms with van der Waals surface area (Å²) in [7, 11) is 0. The van der Waals surface area contributed by atoms with Crippen LogP contribution in [-0.4, -0.2) is 17.6 Å². The minimum atomic E-state index is -0.494. The number of benzene rings is 1. The Morgan fingerprint density at radius 3 is 2.90 bits per heavy atom. The van der Waals surface area contributed by atoms with Crippen molar-refractivity contribution >= 4 is 27.6 Å². The van der Waals surface area contributed by atoms with E-state index in [0.717, 1.165) is 4.47 Å². The number of carbonyl (C=O) groups excluding carboxylic acids is 1. The molecule has 0 bridgehead atoms. The van der Waals surface area contributed by atoms with Crippen LogP contribution in [0.15, 0.2) is 41.0 Å². The van der Waals surface area contributed by atoms with Crippen molar-refractivity contribution in [2.45, 2.75) is 6.92 Å². The third-order valence-corrected chi connectivity index (χ3v) is 2.92. The molecule has 0 aliphatic carbocycles. The number of aromatic nitrogens is 1. The molecule has 0 unspecified atom stereocenters. The Bertz CT molecular complexity index is 632. The fraction of sp³-hybridized carbons (Fsp3) is 0.143. The largest absolute Gasteiger partial charge is 0.462 e. The molecule has 1 heterocycles. The smallest absolute Gasteiger partial charge is 0.340 e. The van der Waals surface area contributed by atoms with E-state index in [-0.39, 0.29) is 23.7 Å². The van der Waals surface area contributed by atoms with Gasteiger partial charge in [-0.2, -0.15) is 0 Å². The monoisotopic (exact) mass is 336 g/mol. The summed E-state index contributed by atoms with van der Waals surface area (Å²) in [5.74, 6) is 0.387. The van der Waals surface area contributed by atoms with Gasteiger partial charge in [0, 0.05) is 10.5 Å². The molecule has 2 aromatic rings. The van der Waals surface area contributed by atoms with Gasteiger partial charge < -0.3 is 15.2 Å². The molecule has 0 radical (unpaired) electrons. The van der Waals surface area contributed by atoms with Crippen LogP contribution >= 0.6 is 15.9 Å². The molecule has 0 aliphatic heterocycles. The quantitative estimate of drug-likeness (QED) is 0.866. The van der Waals surface area contributed by atoms with Gasteiger partial charge in [0.25, 0.3) is 0 Å². The lowest BCUT2D eigenvalue weighted by Gasteiger charge is -2.08. The molecule has 0 atom stereocenters. The SMILES string of the molecule is CCOC(=O)c1cc(Oc2cccc(Br)c2)ncc1N. The van der Waals surface area contributed by atoms with Crippen molar-refractivity contribution in [3.05, 3.63) is 46.6 Å². The molecule has 1 aromatic carbocycles. The molecule has 0 saturated heterocycles. The van der Waals surface area contributed by atoms with Crippen LogP contribution in [-0.2, 0) is 4.74 Å². The number of nitrogens with two attached hydrogens (primary N) is 1. The zero-order chi connectivity index (χ0) is 14.5. The lowest BCUT2D eigenvalue weighted by atomic mass is 10.2. The van der Waals surface area contributed by atoms with Crippen LogP contribution in [0, 0.1) is 0 Å². The Morgan fingerprint density at radius 2 is 2.20 bits per heavy atom. The number of anilines is 1. The first-order chi connectivity index (χ1) is 9.60. The maximum absolute atomic E-state index is 11.7. The van der Waals surface area contributed by atoms with E-state index in [0.29, 0.717) is 5.75 Å². The van der Waals surface area contributed by atoms with Crippen molar-refractivity contribution in [3.63, 3.8) is 0 Å². The summed E-state index contributed by atoms with van der Waals surface area (Å²) in [6.45, 7) is 2.01. The molecule has 6 heteroatoms. The van der Waals surface area contributed by atoms with Gasteiger partial charge in [0.15, 0.2) is 0 Å². The van der Waals surface area contributed by atoms with Crippen molar-refractivity contribution in [2.24, 2.45) is 0 Å². The summed E-state index contributed by atoms with van der Waals surface area (Å²) in [5.41, 5.74) is 6.21. The maximum Gasteiger partial charge on any atom is 0.340 e. The van der Waals surface area contributed by atoms with Crippen LogP contribution in [0.1, 0.15) is 17.3 Å². The van der Waals surface area contributed by atoms with E-state index in [9.17, 15) is 4.79 Å². The molecular weight excluding hydrogens is 324 g/mol. The number of nitrogen functional groups attached to an aromatic ring is 1. The number of pyridine rings is 1. The number of halogens is 1. The molecule has 0 aliphatic rings. The molecule has 0 saturated carbocycles. The molecule has 20 heavy (non-hydrogen) atoms. The minimum absolute atomic E-state index is 0.242.